The molecule has 3 aromatic carbocycles. The number of nitrogens with one attached hydrogen (secondary N) is 1. The summed E-state index contributed by atoms with van der Waals surface area (Å²) in [5.74, 6) is -7.08. The van der Waals surface area contributed by atoms with Gasteiger partial charge in [0.25, 0.3) is 5.91 Å². The Morgan fingerprint density at radius 3 is 2.33 bits per heavy atom. The minimum absolute atomic E-state index is 0.0547. The number of carbonyl (C=O) groups is 1. The number of alkyl halides is 3. The standard InChI is InChI=1S/C22H11F6N3O2/c23-14-10-17(31-21(32)11-2-1-3-12(8-11)22(26,27)28)18(24)19(25)20(14)33-13-4-5-15-16(9-13)30-7-6-29-15/h1-10H,(H,31,32). The largest absolute Gasteiger partial charge is 0.451 e. The van der Waals surface area contributed by atoms with Crippen LogP contribution in [0.2, 0.25) is 0 Å². The second-order valence-corrected chi connectivity index (χ2v) is 6.70. The molecule has 1 heterocycles. The van der Waals surface area contributed by atoms with Gasteiger partial charge < -0.3 is 10.1 Å². The Balaban J connectivity index is 1.60. The first kappa shape index (κ1) is 22.1. The topological polar surface area (TPSA) is 64.1 Å². The molecule has 4 rings (SSSR count). The zero-order valence-corrected chi connectivity index (χ0v) is 16.3. The molecule has 0 saturated carbocycles. The third-order valence-corrected chi connectivity index (χ3v) is 4.48. The zero-order valence-electron chi connectivity index (χ0n) is 16.3. The molecule has 5 nitrogen and oxygen atoms in total. The van der Waals surface area contributed by atoms with Crippen LogP contribution in [0.5, 0.6) is 11.5 Å². The lowest BCUT2D eigenvalue weighted by Gasteiger charge is -2.13. The number of hydrogen-bond acceptors (Lipinski definition) is 4. The van der Waals surface area contributed by atoms with Crippen LogP contribution in [0.1, 0.15) is 15.9 Å². The van der Waals surface area contributed by atoms with E-state index in [1.165, 1.54) is 30.6 Å². The molecule has 33 heavy (non-hydrogen) atoms. The van der Waals surface area contributed by atoms with Gasteiger partial charge in [-0.2, -0.15) is 17.6 Å². The molecule has 1 N–H and O–H groups in total. The van der Waals surface area contributed by atoms with Crippen LogP contribution in [0.3, 0.4) is 0 Å². The molecular weight excluding hydrogens is 452 g/mol. The molecular formula is C22H11F6N3O2. The fourth-order valence-corrected chi connectivity index (χ4v) is 2.92. The average Bonchev–Trinajstić information content (AvgIpc) is 2.79. The predicted octanol–water partition coefficient (Wildman–Crippen LogP) is 6.11. The van der Waals surface area contributed by atoms with E-state index in [4.69, 9.17) is 4.74 Å². The Kier molecular flexibility index (Phi) is 5.62. The monoisotopic (exact) mass is 463 g/mol. The molecule has 168 valence electrons. The van der Waals surface area contributed by atoms with Gasteiger partial charge >= 0.3 is 6.18 Å². The van der Waals surface area contributed by atoms with Crippen molar-refractivity contribution >= 4 is 22.6 Å². The minimum atomic E-state index is -4.72. The lowest BCUT2D eigenvalue weighted by Crippen LogP contribution is -2.15. The fourth-order valence-electron chi connectivity index (χ4n) is 2.92. The molecule has 0 aliphatic heterocycles. The highest BCUT2D eigenvalue weighted by Crippen LogP contribution is 2.34. The molecule has 0 aliphatic rings. The first-order chi connectivity index (χ1) is 15.6. The number of fused-ring (bicyclic) bond motifs is 1. The molecule has 4 aromatic rings. The minimum Gasteiger partial charge on any atom is -0.451 e. The Bertz CT molecular complexity index is 1370. The van der Waals surface area contributed by atoms with Crippen LogP contribution in [-0.4, -0.2) is 15.9 Å². The summed E-state index contributed by atoms with van der Waals surface area (Å²) in [5.41, 5.74) is -1.66. The van der Waals surface area contributed by atoms with Crippen molar-refractivity contribution < 1.29 is 35.9 Å². The van der Waals surface area contributed by atoms with Gasteiger partial charge in [0.1, 0.15) is 5.75 Å². The highest BCUT2D eigenvalue weighted by atomic mass is 19.4. The summed E-state index contributed by atoms with van der Waals surface area (Å²) in [6.45, 7) is 0. The molecule has 0 fully saturated rings. The molecule has 0 saturated heterocycles. The van der Waals surface area contributed by atoms with E-state index in [2.05, 4.69) is 9.97 Å². The summed E-state index contributed by atoms with van der Waals surface area (Å²) < 4.78 is 87.1. The van der Waals surface area contributed by atoms with Crippen molar-refractivity contribution in [1.29, 1.82) is 0 Å². The number of carbonyl (C=O) groups excluding carboxylic acids is 1. The number of ether oxygens (including phenoxy) is 1. The van der Waals surface area contributed by atoms with E-state index in [0.717, 1.165) is 18.2 Å². The second kappa shape index (κ2) is 8.41. The van der Waals surface area contributed by atoms with Gasteiger partial charge in [-0.05, 0) is 30.3 Å². The Morgan fingerprint density at radius 1 is 0.879 bits per heavy atom. The van der Waals surface area contributed by atoms with Crippen molar-refractivity contribution in [3.05, 3.63) is 89.5 Å². The number of hydrogen-bond donors (Lipinski definition) is 1. The molecule has 0 radical (unpaired) electrons. The number of aromatic nitrogens is 2. The Hall–Kier alpha value is -4.15. The van der Waals surface area contributed by atoms with Crippen molar-refractivity contribution in [1.82, 2.24) is 9.97 Å². The van der Waals surface area contributed by atoms with Gasteiger partial charge in [0.2, 0.25) is 11.6 Å². The van der Waals surface area contributed by atoms with E-state index < -0.39 is 52.1 Å². The van der Waals surface area contributed by atoms with E-state index in [-0.39, 0.29) is 5.75 Å². The highest BCUT2D eigenvalue weighted by molar-refractivity contribution is 6.04. The van der Waals surface area contributed by atoms with E-state index in [1.54, 1.807) is 0 Å². The first-order valence-corrected chi connectivity index (χ1v) is 9.18. The predicted molar refractivity (Wildman–Crippen MR) is 105 cm³/mol. The number of nitrogens with zero attached hydrogens (tertiary/aromatic N) is 2. The van der Waals surface area contributed by atoms with Gasteiger partial charge in [-0.3, -0.25) is 14.8 Å². The summed E-state index contributed by atoms with van der Waals surface area (Å²) in [5, 5.41) is 1.87. The molecule has 0 aliphatic carbocycles. The zero-order chi connectivity index (χ0) is 23.8. The summed E-state index contributed by atoms with van der Waals surface area (Å²) in [7, 11) is 0. The molecule has 1 aromatic heterocycles. The summed E-state index contributed by atoms with van der Waals surface area (Å²) in [6.07, 6.45) is -1.87. The van der Waals surface area contributed by atoms with Crippen LogP contribution in [0.15, 0.2) is 60.9 Å². The smallest absolute Gasteiger partial charge is 0.416 e. The van der Waals surface area contributed by atoms with Gasteiger partial charge in [0.05, 0.1) is 22.3 Å². The summed E-state index contributed by atoms with van der Waals surface area (Å²) >= 11 is 0. The summed E-state index contributed by atoms with van der Waals surface area (Å²) in [6, 6.07) is 7.89. The lowest BCUT2D eigenvalue weighted by molar-refractivity contribution is -0.137. The van der Waals surface area contributed by atoms with Gasteiger partial charge in [-0.1, -0.05) is 6.07 Å². The Morgan fingerprint density at radius 2 is 1.61 bits per heavy atom. The SMILES string of the molecule is O=C(Nc1cc(F)c(Oc2ccc3nccnc3c2)c(F)c1F)c1cccc(C(F)(F)F)c1. The third kappa shape index (κ3) is 4.56. The van der Waals surface area contributed by atoms with Crippen LogP contribution in [-0.2, 0) is 6.18 Å². The number of halogens is 6. The molecule has 0 atom stereocenters. The lowest BCUT2D eigenvalue weighted by atomic mass is 10.1. The van der Waals surface area contributed by atoms with Crippen LogP contribution in [0.25, 0.3) is 11.0 Å². The van der Waals surface area contributed by atoms with Crippen molar-refractivity contribution in [2.75, 3.05) is 5.32 Å². The molecule has 0 bridgehead atoms. The van der Waals surface area contributed by atoms with E-state index in [9.17, 15) is 31.1 Å². The van der Waals surface area contributed by atoms with Crippen molar-refractivity contribution in [3.8, 4) is 11.5 Å². The maximum absolute atomic E-state index is 14.5. The quantitative estimate of drug-likeness (QED) is 0.293. The second-order valence-electron chi connectivity index (χ2n) is 6.70. The maximum atomic E-state index is 14.5. The number of anilines is 1. The molecule has 11 heteroatoms. The van der Waals surface area contributed by atoms with Gasteiger partial charge in [-0.15, -0.1) is 0 Å². The van der Waals surface area contributed by atoms with E-state index in [0.29, 0.717) is 23.2 Å². The fraction of sp³-hybridized carbons (Fsp3) is 0.0455. The van der Waals surface area contributed by atoms with Crippen LogP contribution >= 0.6 is 0 Å². The molecule has 0 spiro atoms. The number of rotatable bonds is 4. The van der Waals surface area contributed by atoms with E-state index >= 15 is 0 Å². The maximum Gasteiger partial charge on any atom is 0.416 e. The van der Waals surface area contributed by atoms with Crippen molar-refractivity contribution in [3.63, 3.8) is 0 Å². The van der Waals surface area contributed by atoms with E-state index in [1.807, 2.05) is 5.32 Å². The van der Waals surface area contributed by atoms with Gasteiger partial charge in [0.15, 0.2) is 11.6 Å². The molecule has 1 amide bonds. The van der Waals surface area contributed by atoms with Crippen LogP contribution in [0, 0.1) is 17.5 Å². The van der Waals surface area contributed by atoms with Gasteiger partial charge in [-0.25, -0.2) is 8.78 Å². The number of amides is 1. The normalized spacial score (nSPS) is 11.5. The average molecular weight is 463 g/mol. The van der Waals surface area contributed by atoms with Crippen molar-refractivity contribution in [2.24, 2.45) is 0 Å². The van der Waals surface area contributed by atoms with Gasteiger partial charge in [0, 0.05) is 30.1 Å². The van der Waals surface area contributed by atoms with Crippen LogP contribution < -0.4 is 10.1 Å². The molecule has 0 unspecified atom stereocenters. The third-order valence-electron chi connectivity index (χ3n) is 4.48. The summed E-state index contributed by atoms with van der Waals surface area (Å²) in [4.78, 5) is 20.3. The number of benzene rings is 3. The first-order valence-electron chi connectivity index (χ1n) is 9.18. The Labute approximate surface area is 181 Å². The highest BCUT2D eigenvalue weighted by Gasteiger charge is 2.31. The van der Waals surface area contributed by atoms with Crippen molar-refractivity contribution in [2.45, 2.75) is 6.18 Å². The van der Waals surface area contributed by atoms with Crippen LogP contribution in [0.4, 0.5) is 32.0 Å².